The van der Waals surface area contributed by atoms with Crippen molar-refractivity contribution >= 4 is 24.6 Å². The molecule has 1 aliphatic rings. The Hall–Kier alpha value is -2.18. The Bertz CT molecular complexity index is 720. The highest BCUT2D eigenvalue weighted by molar-refractivity contribution is 6.57. The van der Waals surface area contributed by atoms with Gasteiger partial charge in [0.25, 0.3) is 0 Å². The monoisotopic (exact) mass is 296 g/mol. The van der Waals surface area contributed by atoms with Gasteiger partial charge in [0.15, 0.2) is 0 Å². The normalized spacial score (nSPS) is 16.7. The van der Waals surface area contributed by atoms with Crippen LogP contribution in [0.25, 0.3) is 6.08 Å². The molecule has 0 unspecified atom stereocenters. The van der Waals surface area contributed by atoms with E-state index >= 15 is 0 Å². The summed E-state index contributed by atoms with van der Waals surface area (Å²) in [4.78, 5) is 8.77. The van der Waals surface area contributed by atoms with Crippen LogP contribution in [-0.4, -0.2) is 34.4 Å². The lowest BCUT2D eigenvalue weighted by Crippen LogP contribution is -2.28. The number of allylic oxidation sites excluding steroid dienone is 1. The molecule has 6 heteroatoms. The first-order valence-corrected chi connectivity index (χ1v) is 7.27. The van der Waals surface area contributed by atoms with Gasteiger partial charge >= 0.3 is 7.12 Å². The number of rotatable bonds is 3. The highest BCUT2D eigenvalue weighted by atomic mass is 16.4. The highest BCUT2D eigenvalue weighted by Crippen LogP contribution is 2.23. The first-order valence-electron chi connectivity index (χ1n) is 7.27. The lowest BCUT2D eigenvalue weighted by atomic mass is 9.87. The van der Waals surface area contributed by atoms with Crippen LogP contribution in [0.5, 0.6) is 0 Å². The molecule has 0 aliphatic carbocycles. The standard InChI is InChI=1S/C16H17BN2O3/c1-11-8-15(17(20)21)22-14(11)9-12-4-3-7-19-16(12)13-5-2-6-18-10-13/h2,5-6,8-10,20-21H,3-4,7H2,1H3/b12-9+. The molecule has 0 bridgehead atoms. The van der Waals surface area contributed by atoms with Gasteiger partial charge in [-0.2, -0.15) is 0 Å². The van der Waals surface area contributed by atoms with Crippen LogP contribution in [0.4, 0.5) is 0 Å². The molecule has 112 valence electrons. The van der Waals surface area contributed by atoms with Crippen molar-refractivity contribution in [2.45, 2.75) is 19.8 Å². The fourth-order valence-corrected chi connectivity index (χ4v) is 2.55. The molecule has 0 saturated heterocycles. The third-order valence-electron chi connectivity index (χ3n) is 3.65. The van der Waals surface area contributed by atoms with Gasteiger partial charge in [-0.05, 0) is 55.2 Å². The Kier molecular flexibility index (Phi) is 4.22. The summed E-state index contributed by atoms with van der Waals surface area (Å²) in [6, 6.07) is 5.52. The van der Waals surface area contributed by atoms with Gasteiger partial charge in [-0.1, -0.05) is 0 Å². The maximum atomic E-state index is 9.21. The number of nitrogens with zero attached hydrogens (tertiary/aromatic N) is 2. The summed E-state index contributed by atoms with van der Waals surface area (Å²) in [5.74, 6) is 0.636. The second-order valence-electron chi connectivity index (χ2n) is 5.31. The number of hydrogen-bond acceptors (Lipinski definition) is 5. The molecule has 0 saturated carbocycles. The van der Waals surface area contributed by atoms with E-state index in [1.807, 2.05) is 25.1 Å². The SMILES string of the molecule is Cc1cc(B(O)O)oc1/C=C1\CCCN=C1c1cccnc1. The number of hydrogen-bond donors (Lipinski definition) is 2. The summed E-state index contributed by atoms with van der Waals surface area (Å²) in [5.41, 5.74) is 4.02. The van der Waals surface area contributed by atoms with Crippen LogP contribution in [0.15, 0.2) is 45.6 Å². The molecule has 1 aliphatic heterocycles. The first kappa shape index (κ1) is 14.7. The van der Waals surface area contributed by atoms with Crippen molar-refractivity contribution in [1.82, 2.24) is 4.98 Å². The number of aromatic nitrogens is 1. The Balaban J connectivity index is 1.98. The lowest BCUT2D eigenvalue weighted by molar-refractivity contribution is 0.409. The number of furan rings is 1. The van der Waals surface area contributed by atoms with Gasteiger partial charge in [-0.25, -0.2) is 0 Å². The number of pyridine rings is 1. The van der Waals surface area contributed by atoms with E-state index in [2.05, 4.69) is 9.98 Å². The predicted molar refractivity (Wildman–Crippen MR) is 86.1 cm³/mol. The predicted octanol–water partition coefficient (Wildman–Crippen LogP) is 1.33. The molecule has 2 aromatic heterocycles. The van der Waals surface area contributed by atoms with Crippen molar-refractivity contribution in [1.29, 1.82) is 0 Å². The smallest absolute Gasteiger partial charge is 0.465 e. The minimum atomic E-state index is -1.59. The third-order valence-corrected chi connectivity index (χ3v) is 3.65. The van der Waals surface area contributed by atoms with Crippen LogP contribution in [0.2, 0.25) is 0 Å². The molecule has 22 heavy (non-hydrogen) atoms. The van der Waals surface area contributed by atoms with E-state index < -0.39 is 7.12 Å². The van der Waals surface area contributed by atoms with Gasteiger partial charge < -0.3 is 14.5 Å². The highest BCUT2D eigenvalue weighted by Gasteiger charge is 2.20. The van der Waals surface area contributed by atoms with Crippen LogP contribution < -0.4 is 5.66 Å². The molecule has 3 heterocycles. The molecule has 0 spiro atoms. The molecule has 2 aromatic rings. The second kappa shape index (κ2) is 6.29. The van der Waals surface area contributed by atoms with Crippen molar-refractivity contribution in [2.24, 2.45) is 4.99 Å². The van der Waals surface area contributed by atoms with Crippen LogP contribution >= 0.6 is 0 Å². The largest absolute Gasteiger partial charge is 0.526 e. The van der Waals surface area contributed by atoms with Gasteiger partial charge in [-0.3, -0.25) is 9.98 Å². The van der Waals surface area contributed by atoms with Crippen molar-refractivity contribution < 1.29 is 14.5 Å². The Labute approximate surface area is 129 Å². The summed E-state index contributed by atoms with van der Waals surface area (Å²) in [6.07, 6.45) is 7.37. The Morgan fingerprint density at radius 2 is 2.23 bits per heavy atom. The summed E-state index contributed by atoms with van der Waals surface area (Å²) < 4.78 is 5.52. The van der Waals surface area contributed by atoms with Gasteiger partial charge in [0.1, 0.15) is 11.4 Å². The van der Waals surface area contributed by atoms with Gasteiger partial charge in [0, 0.05) is 24.5 Å². The number of aryl methyl sites for hydroxylation is 1. The summed E-state index contributed by atoms with van der Waals surface area (Å²) in [6.45, 7) is 2.69. The van der Waals surface area contributed by atoms with E-state index in [-0.39, 0.29) is 5.66 Å². The number of aliphatic imine (C=N–C) groups is 1. The average Bonchev–Trinajstić information content (AvgIpc) is 2.90. The van der Waals surface area contributed by atoms with E-state index in [0.29, 0.717) is 5.76 Å². The van der Waals surface area contributed by atoms with Gasteiger partial charge in [0.05, 0.1) is 5.71 Å². The van der Waals surface area contributed by atoms with Gasteiger partial charge in [0.2, 0.25) is 0 Å². The lowest BCUT2D eigenvalue weighted by Gasteiger charge is -2.16. The molecule has 0 fully saturated rings. The molecular formula is C16H17BN2O3. The topological polar surface area (TPSA) is 78.9 Å². The zero-order valence-corrected chi connectivity index (χ0v) is 12.4. The van der Waals surface area contributed by atoms with Crippen LogP contribution in [0.1, 0.15) is 29.7 Å². The van der Waals surface area contributed by atoms with Crippen molar-refractivity contribution in [3.63, 3.8) is 0 Å². The fourth-order valence-electron chi connectivity index (χ4n) is 2.55. The van der Waals surface area contributed by atoms with E-state index in [1.54, 1.807) is 18.5 Å². The van der Waals surface area contributed by atoms with E-state index in [0.717, 1.165) is 41.8 Å². The molecule has 0 radical (unpaired) electrons. The quantitative estimate of drug-likeness (QED) is 0.838. The van der Waals surface area contributed by atoms with Crippen LogP contribution in [0.3, 0.4) is 0 Å². The zero-order chi connectivity index (χ0) is 15.5. The van der Waals surface area contributed by atoms with Crippen molar-refractivity contribution in [3.8, 4) is 0 Å². The maximum Gasteiger partial charge on any atom is 0.526 e. The third kappa shape index (κ3) is 3.03. The summed E-state index contributed by atoms with van der Waals surface area (Å²) in [5, 5.41) is 18.4. The van der Waals surface area contributed by atoms with Crippen LogP contribution in [-0.2, 0) is 0 Å². The Morgan fingerprint density at radius 1 is 1.36 bits per heavy atom. The first-order chi connectivity index (χ1) is 10.6. The molecule has 0 amide bonds. The average molecular weight is 296 g/mol. The summed E-state index contributed by atoms with van der Waals surface area (Å²) >= 11 is 0. The van der Waals surface area contributed by atoms with E-state index in [9.17, 15) is 10.0 Å². The second-order valence-corrected chi connectivity index (χ2v) is 5.31. The van der Waals surface area contributed by atoms with Crippen molar-refractivity contribution in [2.75, 3.05) is 6.54 Å². The minimum Gasteiger partial charge on any atom is -0.465 e. The van der Waals surface area contributed by atoms with E-state index in [4.69, 9.17) is 4.42 Å². The fraction of sp³-hybridized carbons (Fsp3) is 0.250. The maximum absolute atomic E-state index is 9.21. The minimum absolute atomic E-state index is 0.153. The zero-order valence-electron chi connectivity index (χ0n) is 12.4. The van der Waals surface area contributed by atoms with Crippen molar-refractivity contribution in [3.05, 3.63) is 53.1 Å². The molecule has 0 aromatic carbocycles. The van der Waals surface area contributed by atoms with Crippen LogP contribution in [0, 0.1) is 6.92 Å². The Morgan fingerprint density at radius 3 is 2.91 bits per heavy atom. The molecule has 3 rings (SSSR count). The van der Waals surface area contributed by atoms with Gasteiger partial charge in [-0.15, -0.1) is 0 Å². The molecular weight excluding hydrogens is 279 g/mol. The molecule has 5 nitrogen and oxygen atoms in total. The summed E-state index contributed by atoms with van der Waals surface area (Å²) in [7, 11) is -1.59. The van der Waals surface area contributed by atoms with E-state index in [1.165, 1.54) is 0 Å². The molecule has 0 atom stereocenters. The molecule has 2 N–H and O–H groups in total.